The maximum atomic E-state index is 11.4. The standard InChI is InChI=1S/C31H29NO5/c1-2-6-24-27(14-12-25-29(32-37-30(24)25)19-7-4-3-5-8-19)35-16-15-22-18-26-23-11-9-21(31(33)34)17-20(23)10-13-28(26)36-22/h3-5,7-8,10,12-14,18,21H,2,6,9,11,15-17H2,1H3,(H,33,34). The molecule has 6 nitrogen and oxygen atoms in total. The molecule has 188 valence electrons. The molecule has 2 aromatic heterocycles. The van der Waals surface area contributed by atoms with Crippen LogP contribution in [0.25, 0.3) is 33.2 Å². The molecule has 37 heavy (non-hydrogen) atoms. The number of fused-ring (bicyclic) bond motifs is 4. The smallest absolute Gasteiger partial charge is 0.306 e. The Labute approximate surface area is 214 Å². The zero-order valence-corrected chi connectivity index (χ0v) is 20.8. The zero-order chi connectivity index (χ0) is 25.4. The van der Waals surface area contributed by atoms with Gasteiger partial charge in [-0.15, -0.1) is 0 Å². The van der Waals surface area contributed by atoms with Crippen LogP contribution in [0.4, 0.5) is 0 Å². The van der Waals surface area contributed by atoms with Gasteiger partial charge in [0.15, 0.2) is 5.58 Å². The van der Waals surface area contributed by atoms with E-state index in [0.717, 1.165) is 75.1 Å². The van der Waals surface area contributed by atoms with Gasteiger partial charge in [-0.3, -0.25) is 4.79 Å². The summed E-state index contributed by atoms with van der Waals surface area (Å²) in [5.41, 5.74) is 6.90. The van der Waals surface area contributed by atoms with Crippen LogP contribution in [0.15, 0.2) is 69.6 Å². The first-order valence-corrected chi connectivity index (χ1v) is 13.0. The molecule has 6 heteroatoms. The summed E-state index contributed by atoms with van der Waals surface area (Å²) in [6.45, 7) is 2.62. The first-order chi connectivity index (χ1) is 18.1. The largest absolute Gasteiger partial charge is 0.493 e. The van der Waals surface area contributed by atoms with Crippen LogP contribution < -0.4 is 4.74 Å². The van der Waals surface area contributed by atoms with Crippen molar-refractivity contribution in [3.8, 4) is 17.0 Å². The lowest BCUT2D eigenvalue weighted by Gasteiger charge is -2.21. The van der Waals surface area contributed by atoms with Crippen molar-refractivity contribution in [2.45, 2.75) is 45.4 Å². The van der Waals surface area contributed by atoms with Crippen LogP contribution in [0.3, 0.4) is 0 Å². The van der Waals surface area contributed by atoms with Crippen LogP contribution >= 0.6 is 0 Å². The van der Waals surface area contributed by atoms with Gasteiger partial charge in [0, 0.05) is 22.9 Å². The van der Waals surface area contributed by atoms with E-state index in [4.69, 9.17) is 13.7 Å². The summed E-state index contributed by atoms with van der Waals surface area (Å²) in [5.74, 6) is 0.678. The Bertz CT molecular complexity index is 1580. The molecule has 1 unspecified atom stereocenters. The fourth-order valence-electron chi connectivity index (χ4n) is 5.50. The molecular weight excluding hydrogens is 466 g/mol. The lowest BCUT2D eigenvalue weighted by molar-refractivity contribution is -0.142. The number of aromatic nitrogens is 1. The third kappa shape index (κ3) is 4.37. The fraction of sp³-hybridized carbons (Fsp3) is 0.290. The van der Waals surface area contributed by atoms with Gasteiger partial charge in [-0.2, -0.15) is 0 Å². The lowest BCUT2D eigenvalue weighted by Crippen LogP contribution is -2.22. The Kier molecular flexibility index (Phi) is 6.16. The molecule has 0 saturated carbocycles. The number of rotatable bonds is 8. The third-order valence-corrected chi connectivity index (χ3v) is 7.37. The summed E-state index contributed by atoms with van der Waals surface area (Å²) >= 11 is 0. The van der Waals surface area contributed by atoms with Crippen molar-refractivity contribution in [2.24, 2.45) is 5.92 Å². The summed E-state index contributed by atoms with van der Waals surface area (Å²) < 4.78 is 18.2. The average molecular weight is 496 g/mol. The van der Waals surface area contributed by atoms with E-state index in [2.05, 4.69) is 18.1 Å². The van der Waals surface area contributed by atoms with Crippen LogP contribution in [-0.4, -0.2) is 22.8 Å². The number of aliphatic carboxylic acids is 1. The maximum absolute atomic E-state index is 11.4. The number of ether oxygens (including phenoxy) is 1. The molecule has 3 aromatic carbocycles. The first kappa shape index (κ1) is 23.3. The topological polar surface area (TPSA) is 85.7 Å². The highest BCUT2D eigenvalue weighted by Crippen LogP contribution is 2.36. The third-order valence-electron chi connectivity index (χ3n) is 7.37. The number of benzene rings is 3. The number of hydrogen-bond donors (Lipinski definition) is 1. The minimum Gasteiger partial charge on any atom is -0.493 e. The van der Waals surface area contributed by atoms with Gasteiger partial charge in [0.05, 0.1) is 17.9 Å². The molecule has 1 aliphatic rings. The molecule has 2 heterocycles. The number of carboxylic acids is 1. The highest BCUT2D eigenvalue weighted by atomic mass is 16.5. The molecule has 0 radical (unpaired) electrons. The van der Waals surface area contributed by atoms with E-state index in [0.29, 0.717) is 25.9 Å². The van der Waals surface area contributed by atoms with Gasteiger partial charge in [0.2, 0.25) is 0 Å². The monoisotopic (exact) mass is 495 g/mol. The van der Waals surface area contributed by atoms with Gasteiger partial charge in [0.25, 0.3) is 0 Å². The molecule has 6 rings (SSSR count). The number of nitrogens with zero attached hydrogens (tertiary/aromatic N) is 1. The minimum atomic E-state index is -0.710. The van der Waals surface area contributed by atoms with Crippen molar-refractivity contribution in [2.75, 3.05) is 6.61 Å². The van der Waals surface area contributed by atoms with Crippen LogP contribution in [-0.2, 0) is 30.5 Å². The van der Waals surface area contributed by atoms with Gasteiger partial charge in [-0.25, -0.2) is 0 Å². The molecule has 1 atom stereocenters. The van der Waals surface area contributed by atoms with Gasteiger partial charge in [-0.1, -0.05) is 54.9 Å². The molecular formula is C31H29NO5. The highest BCUT2D eigenvalue weighted by molar-refractivity contribution is 5.94. The summed E-state index contributed by atoms with van der Waals surface area (Å²) in [6.07, 6.45) is 4.46. The number of carbonyl (C=O) groups is 1. The number of furan rings is 1. The molecule has 0 spiro atoms. The van der Waals surface area contributed by atoms with E-state index in [1.54, 1.807) is 0 Å². The maximum Gasteiger partial charge on any atom is 0.306 e. The molecule has 0 aliphatic heterocycles. The lowest BCUT2D eigenvalue weighted by atomic mass is 9.82. The van der Waals surface area contributed by atoms with Crippen molar-refractivity contribution in [1.82, 2.24) is 5.16 Å². The Morgan fingerprint density at radius 3 is 2.76 bits per heavy atom. The second-order valence-electron chi connectivity index (χ2n) is 9.77. The number of hydrogen-bond acceptors (Lipinski definition) is 5. The molecule has 0 fully saturated rings. The molecule has 5 aromatic rings. The minimum absolute atomic E-state index is 0.299. The van der Waals surface area contributed by atoms with Crippen molar-refractivity contribution in [3.63, 3.8) is 0 Å². The van der Waals surface area contributed by atoms with Gasteiger partial charge in [-0.05, 0) is 61.1 Å². The quantitative estimate of drug-likeness (QED) is 0.249. The number of aryl methyl sites for hydroxylation is 2. The molecule has 0 saturated heterocycles. The second kappa shape index (κ2) is 9.77. The Morgan fingerprint density at radius 2 is 1.95 bits per heavy atom. The Balaban J connectivity index is 1.21. The van der Waals surface area contributed by atoms with E-state index >= 15 is 0 Å². The highest BCUT2D eigenvalue weighted by Gasteiger charge is 2.26. The predicted molar refractivity (Wildman–Crippen MR) is 142 cm³/mol. The Morgan fingerprint density at radius 1 is 1.08 bits per heavy atom. The normalized spacial score (nSPS) is 15.2. The van der Waals surface area contributed by atoms with Crippen molar-refractivity contribution < 1.29 is 23.6 Å². The van der Waals surface area contributed by atoms with Gasteiger partial charge < -0.3 is 18.8 Å². The van der Waals surface area contributed by atoms with E-state index < -0.39 is 5.97 Å². The molecule has 0 bridgehead atoms. The molecule has 1 aliphatic carbocycles. The molecule has 0 amide bonds. The second-order valence-corrected chi connectivity index (χ2v) is 9.77. The SMILES string of the molecule is CCCc1c(OCCc2cc3c4c(ccc3o2)CC(C(=O)O)CC4)ccc2c(-c3ccccc3)noc12. The molecule has 1 N–H and O–H groups in total. The van der Waals surface area contributed by atoms with E-state index in [9.17, 15) is 9.90 Å². The van der Waals surface area contributed by atoms with E-state index in [-0.39, 0.29) is 5.92 Å². The zero-order valence-electron chi connectivity index (χ0n) is 20.8. The van der Waals surface area contributed by atoms with Crippen molar-refractivity contribution >= 4 is 27.9 Å². The Hall–Kier alpha value is -4.06. The fourth-order valence-corrected chi connectivity index (χ4v) is 5.50. The first-order valence-electron chi connectivity index (χ1n) is 13.0. The average Bonchev–Trinajstić information content (AvgIpc) is 3.54. The van der Waals surface area contributed by atoms with Crippen LogP contribution in [0.5, 0.6) is 5.75 Å². The number of carboxylic acid groups (broad SMARTS) is 1. The van der Waals surface area contributed by atoms with Crippen LogP contribution in [0.2, 0.25) is 0 Å². The van der Waals surface area contributed by atoms with Gasteiger partial charge in [0.1, 0.15) is 22.8 Å². The predicted octanol–water partition coefficient (Wildman–Crippen LogP) is 7.00. The van der Waals surface area contributed by atoms with Crippen molar-refractivity contribution in [1.29, 1.82) is 0 Å². The summed E-state index contributed by atoms with van der Waals surface area (Å²) in [7, 11) is 0. The van der Waals surface area contributed by atoms with Gasteiger partial charge >= 0.3 is 5.97 Å². The van der Waals surface area contributed by atoms with Crippen LogP contribution in [0, 0.1) is 5.92 Å². The van der Waals surface area contributed by atoms with Crippen LogP contribution in [0.1, 0.15) is 42.2 Å². The van der Waals surface area contributed by atoms with Crippen molar-refractivity contribution in [3.05, 3.63) is 83.1 Å². The summed E-state index contributed by atoms with van der Waals surface area (Å²) in [5, 5.41) is 15.9. The summed E-state index contributed by atoms with van der Waals surface area (Å²) in [4.78, 5) is 11.4. The van der Waals surface area contributed by atoms with E-state index in [1.807, 2.05) is 54.6 Å². The van der Waals surface area contributed by atoms with E-state index in [1.165, 1.54) is 5.56 Å². The summed E-state index contributed by atoms with van der Waals surface area (Å²) in [6, 6.07) is 20.2.